The molecule has 4 aromatic rings. The highest BCUT2D eigenvalue weighted by Gasteiger charge is 2.16. The van der Waals surface area contributed by atoms with Crippen LogP contribution in [-0.2, 0) is 0 Å². The molecule has 0 bridgehead atoms. The van der Waals surface area contributed by atoms with Gasteiger partial charge in [-0.15, -0.1) is 0 Å². The first-order valence-corrected chi connectivity index (χ1v) is 7.19. The summed E-state index contributed by atoms with van der Waals surface area (Å²) in [6.07, 6.45) is 0. The molecule has 0 radical (unpaired) electrons. The van der Waals surface area contributed by atoms with Crippen LogP contribution in [0.1, 0.15) is 0 Å². The average Bonchev–Trinajstić information content (AvgIpc) is 2.89. The van der Waals surface area contributed by atoms with E-state index in [2.05, 4.69) is 17.1 Å². The van der Waals surface area contributed by atoms with Crippen molar-refractivity contribution in [2.75, 3.05) is 5.73 Å². The zero-order chi connectivity index (χ0) is 16.0. The molecule has 0 fully saturated rings. The van der Waals surface area contributed by atoms with Gasteiger partial charge < -0.3 is 10.7 Å². The van der Waals surface area contributed by atoms with E-state index in [9.17, 15) is 10.1 Å². The lowest BCUT2D eigenvalue weighted by Crippen LogP contribution is -1.88. The van der Waals surface area contributed by atoms with E-state index in [0.29, 0.717) is 11.3 Å². The molecule has 0 aliphatic carbocycles. The van der Waals surface area contributed by atoms with E-state index in [1.807, 2.05) is 30.3 Å². The Labute approximate surface area is 131 Å². The second-order valence-electron chi connectivity index (χ2n) is 5.43. The molecule has 5 heteroatoms. The highest BCUT2D eigenvalue weighted by molar-refractivity contribution is 6.09. The molecule has 0 atom stereocenters. The summed E-state index contributed by atoms with van der Waals surface area (Å²) < 4.78 is 0. The SMILES string of the molecule is Nc1[nH]c2cc([N+](=O)[O-])ccc2c1-c1cccc2ccccc12. The predicted molar refractivity (Wildman–Crippen MR) is 92.3 cm³/mol. The predicted octanol–water partition coefficient (Wildman–Crippen LogP) is 4.48. The van der Waals surface area contributed by atoms with Crippen molar-refractivity contribution in [1.29, 1.82) is 0 Å². The number of aromatic nitrogens is 1. The zero-order valence-electron chi connectivity index (χ0n) is 12.1. The van der Waals surface area contributed by atoms with Gasteiger partial charge in [-0.3, -0.25) is 10.1 Å². The van der Waals surface area contributed by atoms with E-state index in [1.54, 1.807) is 6.07 Å². The molecular formula is C18H13N3O2. The molecule has 23 heavy (non-hydrogen) atoms. The number of fused-ring (bicyclic) bond motifs is 2. The van der Waals surface area contributed by atoms with Gasteiger partial charge in [0, 0.05) is 23.1 Å². The van der Waals surface area contributed by atoms with Gasteiger partial charge in [0.1, 0.15) is 5.82 Å². The highest BCUT2D eigenvalue weighted by atomic mass is 16.6. The number of non-ortho nitro benzene ring substituents is 1. The fourth-order valence-electron chi connectivity index (χ4n) is 3.05. The molecule has 3 N–H and O–H groups in total. The van der Waals surface area contributed by atoms with E-state index < -0.39 is 4.92 Å². The first-order chi connectivity index (χ1) is 11.1. The van der Waals surface area contributed by atoms with Crippen molar-refractivity contribution < 1.29 is 4.92 Å². The second kappa shape index (κ2) is 4.84. The molecule has 112 valence electrons. The summed E-state index contributed by atoms with van der Waals surface area (Å²) in [7, 11) is 0. The molecule has 0 aliphatic heterocycles. The number of anilines is 1. The third kappa shape index (κ3) is 2.02. The molecule has 0 unspecified atom stereocenters. The number of benzene rings is 3. The summed E-state index contributed by atoms with van der Waals surface area (Å²) in [6.45, 7) is 0. The van der Waals surface area contributed by atoms with Gasteiger partial charge in [0.2, 0.25) is 0 Å². The molecule has 5 nitrogen and oxygen atoms in total. The van der Waals surface area contributed by atoms with E-state index in [1.165, 1.54) is 12.1 Å². The van der Waals surface area contributed by atoms with Gasteiger partial charge in [0.25, 0.3) is 5.69 Å². The van der Waals surface area contributed by atoms with Crippen molar-refractivity contribution in [3.8, 4) is 11.1 Å². The number of nitro benzene ring substituents is 1. The average molecular weight is 303 g/mol. The zero-order valence-corrected chi connectivity index (χ0v) is 12.1. The van der Waals surface area contributed by atoms with E-state index in [4.69, 9.17) is 5.73 Å². The summed E-state index contributed by atoms with van der Waals surface area (Å²) in [5.74, 6) is 0.511. The third-order valence-electron chi connectivity index (χ3n) is 4.08. The van der Waals surface area contributed by atoms with E-state index in [-0.39, 0.29) is 5.69 Å². The summed E-state index contributed by atoms with van der Waals surface area (Å²) in [4.78, 5) is 13.6. The molecule has 4 rings (SSSR count). The van der Waals surface area contributed by atoms with Gasteiger partial charge in [-0.1, -0.05) is 42.5 Å². The van der Waals surface area contributed by atoms with Gasteiger partial charge in [-0.2, -0.15) is 0 Å². The Hall–Kier alpha value is -3.34. The number of aromatic amines is 1. The van der Waals surface area contributed by atoms with Crippen LogP contribution in [0.5, 0.6) is 0 Å². The van der Waals surface area contributed by atoms with Crippen molar-refractivity contribution >= 4 is 33.2 Å². The third-order valence-corrected chi connectivity index (χ3v) is 4.08. The minimum Gasteiger partial charge on any atom is -0.385 e. The Kier molecular flexibility index (Phi) is 2.81. The van der Waals surface area contributed by atoms with Gasteiger partial charge in [-0.05, 0) is 22.4 Å². The van der Waals surface area contributed by atoms with Crippen molar-refractivity contribution in [3.05, 3.63) is 70.8 Å². The number of hydrogen-bond donors (Lipinski definition) is 2. The van der Waals surface area contributed by atoms with Crippen LogP contribution in [0.25, 0.3) is 32.8 Å². The minimum atomic E-state index is -0.409. The Morgan fingerprint density at radius 2 is 1.74 bits per heavy atom. The van der Waals surface area contributed by atoms with Crippen LogP contribution in [0, 0.1) is 10.1 Å². The van der Waals surface area contributed by atoms with Crippen LogP contribution in [-0.4, -0.2) is 9.91 Å². The van der Waals surface area contributed by atoms with Gasteiger partial charge >= 0.3 is 0 Å². The summed E-state index contributed by atoms with van der Waals surface area (Å²) in [5, 5.41) is 14.0. The lowest BCUT2D eigenvalue weighted by Gasteiger charge is -2.07. The first kappa shape index (κ1) is 13.3. The molecule has 3 aromatic carbocycles. The second-order valence-corrected chi connectivity index (χ2v) is 5.43. The molecular weight excluding hydrogens is 290 g/mol. The van der Waals surface area contributed by atoms with Gasteiger partial charge in [0.15, 0.2) is 0 Å². The van der Waals surface area contributed by atoms with Crippen LogP contribution in [0.4, 0.5) is 11.5 Å². The molecule has 1 aromatic heterocycles. The number of nitrogens with one attached hydrogen (secondary N) is 1. The summed E-state index contributed by atoms with van der Waals surface area (Å²) >= 11 is 0. The number of nitrogen functional groups attached to an aromatic ring is 1. The molecule has 0 saturated carbocycles. The number of nitro groups is 1. The number of nitrogens with zero attached hydrogens (tertiary/aromatic N) is 1. The fourth-order valence-corrected chi connectivity index (χ4v) is 3.05. The Morgan fingerprint density at radius 3 is 2.57 bits per heavy atom. The van der Waals surface area contributed by atoms with E-state index in [0.717, 1.165) is 27.3 Å². The molecule has 1 heterocycles. The van der Waals surface area contributed by atoms with Crippen LogP contribution in [0.2, 0.25) is 0 Å². The monoisotopic (exact) mass is 303 g/mol. The minimum absolute atomic E-state index is 0.0446. The topological polar surface area (TPSA) is 85.0 Å². The van der Waals surface area contributed by atoms with Crippen LogP contribution in [0.3, 0.4) is 0 Å². The molecule has 0 aliphatic rings. The van der Waals surface area contributed by atoms with Gasteiger partial charge in [0.05, 0.1) is 10.4 Å². The molecule has 0 spiro atoms. The van der Waals surface area contributed by atoms with Crippen molar-refractivity contribution in [2.45, 2.75) is 0 Å². The van der Waals surface area contributed by atoms with E-state index >= 15 is 0 Å². The van der Waals surface area contributed by atoms with Crippen molar-refractivity contribution in [3.63, 3.8) is 0 Å². The number of nitrogens with two attached hydrogens (primary N) is 1. The number of hydrogen-bond acceptors (Lipinski definition) is 3. The lowest BCUT2D eigenvalue weighted by molar-refractivity contribution is -0.384. The lowest BCUT2D eigenvalue weighted by atomic mass is 9.97. The maximum absolute atomic E-state index is 10.9. The number of rotatable bonds is 2. The van der Waals surface area contributed by atoms with Crippen molar-refractivity contribution in [1.82, 2.24) is 4.98 Å². The Bertz CT molecular complexity index is 1060. The van der Waals surface area contributed by atoms with Gasteiger partial charge in [-0.25, -0.2) is 0 Å². The quantitative estimate of drug-likeness (QED) is 0.423. The Morgan fingerprint density at radius 1 is 0.957 bits per heavy atom. The van der Waals surface area contributed by atoms with Crippen LogP contribution in [0.15, 0.2) is 60.7 Å². The largest absolute Gasteiger partial charge is 0.385 e. The normalized spacial score (nSPS) is 11.1. The van der Waals surface area contributed by atoms with Crippen LogP contribution < -0.4 is 5.73 Å². The maximum Gasteiger partial charge on any atom is 0.271 e. The highest BCUT2D eigenvalue weighted by Crippen LogP contribution is 2.38. The summed E-state index contributed by atoms with van der Waals surface area (Å²) in [6, 6.07) is 18.9. The molecule has 0 saturated heterocycles. The maximum atomic E-state index is 10.9. The number of H-pyrrole nitrogens is 1. The smallest absolute Gasteiger partial charge is 0.271 e. The van der Waals surface area contributed by atoms with Crippen LogP contribution >= 0.6 is 0 Å². The first-order valence-electron chi connectivity index (χ1n) is 7.19. The van der Waals surface area contributed by atoms with Crippen molar-refractivity contribution in [2.24, 2.45) is 0 Å². The standard InChI is InChI=1S/C18H13N3O2/c19-18-17(14-7-3-5-11-4-1-2-6-13(11)14)15-9-8-12(21(22)23)10-16(15)20-18/h1-10,20H,19H2. The fraction of sp³-hybridized carbons (Fsp3) is 0. The summed E-state index contributed by atoms with van der Waals surface area (Å²) in [5.41, 5.74) is 8.78. The molecule has 0 amide bonds. The Balaban J connectivity index is 2.05.